The number of hydrogen-bond acceptors (Lipinski definition) is 3. The van der Waals surface area contributed by atoms with Crippen LogP contribution in [0, 0.1) is 12.8 Å². The van der Waals surface area contributed by atoms with E-state index in [0.717, 1.165) is 24.8 Å². The number of sulfone groups is 1. The van der Waals surface area contributed by atoms with Crippen molar-refractivity contribution in [1.29, 1.82) is 0 Å². The first-order valence-electron chi connectivity index (χ1n) is 10.3. The Labute approximate surface area is 164 Å². The van der Waals surface area contributed by atoms with Gasteiger partial charge in [-0.1, -0.05) is 19.1 Å². The highest BCUT2D eigenvalue weighted by Crippen LogP contribution is 2.36. The molecule has 150 valence electrons. The van der Waals surface area contributed by atoms with Gasteiger partial charge < -0.3 is 4.90 Å². The van der Waals surface area contributed by atoms with E-state index < -0.39 is 9.84 Å². The summed E-state index contributed by atoms with van der Waals surface area (Å²) in [7, 11) is -3.00. The molecular weight excluding hydrogens is 358 g/mol. The fourth-order valence-corrected chi connectivity index (χ4v) is 5.85. The molecule has 27 heavy (non-hydrogen) atoms. The molecule has 1 unspecified atom stereocenters. The molecule has 1 aromatic rings. The molecule has 0 aromatic heterocycles. The van der Waals surface area contributed by atoms with Crippen molar-refractivity contribution in [2.75, 3.05) is 18.8 Å². The molecule has 1 aromatic carbocycles. The first-order valence-corrected chi connectivity index (χ1v) is 12.0. The van der Waals surface area contributed by atoms with Gasteiger partial charge in [0.1, 0.15) is 0 Å². The van der Waals surface area contributed by atoms with Crippen molar-refractivity contribution < 1.29 is 13.2 Å². The number of carbonyl (C=O) groups is 1. The Kier molecular flexibility index (Phi) is 5.99. The van der Waals surface area contributed by atoms with Gasteiger partial charge in [-0.3, -0.25) is 4.79 Å². The zero-order valence-corrected chi connectivity index (χ0v) is 17.9. The zero-order chi connectivity index (χ0) is 19.8. The second-order valence-corrected chi connectivity index (χ2v) is 11.3. The summed E-state index contributed by atoms with van der Waals surface area (Å²) in [6.45, 7) is 9.28. The maximum Gasteiger partial charge on any atom is 0.226 e. The van der Waals surface area contributed by atoms with E-state index in [2.05, 4.69) is 26.0 Å². The van der Waals surface area contributed by atoms with Crippen molar-refractivity contribution in [3.05, 3.63) is 34.4 Å². The average molecular weight is 392 g/mol. The number of nitrogens with zero attached hydrogens (tertiary/aromatic N) is 1. The number of piperidine rings is 1. The molecule has 2 aliphatic rings. The molecule has 1 amide bonds. The van der Waals surface area contributed by atoms with Crippen LogP contribution < -0.4 is 0 Å². The predicted octanol–water partition coefficient (Wildman–Crippen LogP) is 3.65. The van der Waals surface area contributed by atoms with Gasteiger partial charge in [-0.25, -0.2) is 8.42 Å². The topological polar surface area (TPSA) is 54.5 Å². The van der Waals surface area contributed by atoms with Crippen LogP contribution in [0.2, 0.25) is 0 Å². The van der Waals surface area contributed by atoms with Crippen LogP contribution in [-0.2, 0) is 27.5 Å². The second-order valence-electron chi connectivity index (χ2n) is 8.74. The lowest BCUT2D eigenvalue weighted by molar-refractivity contribution is -0.131. The van der Waals surface area contributed by atoms with Gasteiger partial charge in [0, 0.05) is 13.1 Å². The fourth-order valence-electron chi connectivity index (χ4n) is 4.47. The summed E-state index contributed by atoms with van der Waals surface area (Å²) in [6.07, 6.45) is 4.37. The second kappa shape index (κ2) is 7.94. The van der Waals surface area contributed by atoms with Crippen LogP contribution in [0.3, 0.4) is 0 Å². The minimum absolute atomic E-state index is 0.175. The molecule has 0 spiro atoms. The smallest absolute Gasteiger partial charge is 0.226 e. The van der Waals surface area contributed by atoms with Gasteiger partial charge in [0.05, 0.1) is 17.4 Å². The highest BCUT2D eigenvalue weighted by Gasteiger charge is 2.28. The van der Waals surface area contributed by atoms with Crippen molar-refractivity contribution in [2.45, 2.75) is 71.0 Å². The van der Waals surface area contributed by atoms with Crippen molar-refractivity contribution >= 4 is 15.7 Å². The first kappa shape index (κ1) is 20.4. The van der Waals surface area contributed by atoms with Crippen molar-refractivity contribution in [3.8, 4) is 0 Å². The summed E-state index contributed by atoms with van der Waals surface area (Å²) in [5.74, 6) is 1.25. The van der Waals surface area contributed by atoms with Crippen LogP contribution in [0.15, 0.2) is 12.1 Å². The first-order chi connectivity index (χ1) is 12.7. The van der Waals surface area contributed by atoms with Crippen LogP contribution in [0.1, 0.15) is 68.2 Å². The summed E-state index contributed by atoms with van der Waals surface area (Å²) >= 11 is 0. The van der Waals surface area contributed by atoms with Gasteiger partial charge in [-0.2, -0.15) is 0 Å². The van der Waals surface area contributed by atoms with Crippen molar-refractivity contribution in [3.63, 3.8) is 0 Å². The van der Waals surface area contributed by atoms with Gasteiger partial charge in [-0.15, -0.1) is 0 Å². The summed E-state index contributed by atoms with van der Waals surface area (Å²) in [5, 5.41) is -0.317. The van der Waals surface area contributed by atoms with Crippen LogP contribution in [0.4, 0.5) is 0 Å². The number of carbonyl (C=O) groups excluding carboxylic acids is 1. The summed E-state index contributed by atoms with van der Waals surface area (Å²) in [6, 6.07) is 4.35. The highest BCUT2D eigenvalue weighted by atomic mass is 32.2. The largest absolute Gasteiger partial charge is 0.342 e. The normalized spacial score (nSPS) is 20.9. The maximum absolute atomic E-state index is 12.8. The Morgan fingerprint density at radius 2 is 1.85 bits per heavy atom. The van der Waals surface area contributed by atoms with Gasteiger partial charge in [0.2, 0.25) is 5.91 Å². The highest BCUT2D eigenvalue weighted by molar-refractivity contribution is 7.91. The molecule has 5 heteroatoms. The van der Waals surface area contributed by atoms with Gasteiger partial charge >= 0.3 is 0 Å². The monoisotopic (exact) mass is 391 g/mol. The summed E-state index contributed by atoms with van der Waals surface area (Å²) < 4.78 is 24.3. The van der Waals surface area contributed by atoms with E-state index in [9.17, 15) is 13.2 Å². The van der Waals surface area contributed by atoms with E-state index in [1.807, 2.05) is 4.90 Å². The van der Waals surface area contributed by atoms with E-state index in [-0.39, 0.29) is 22.8 Å². The van der Waals surface area contributed by atoms with Gasteiger partial charge in [-0.05, 0) is 80.5 Å². The molecule has 3 rings (SSSR count). The van der Waals surface area contributed by atoms with Gasteiger partial charge in [0.15, 0.2) is 9.84 Å². The molecule has 0 N–H and O–H groups in total. The number of benzene rings is 1. The van der Waals surface area contributed by atoms with Crippen LogP contribution in [0.25, 0.3) is 0 Å². The third-order valence-electron chi connectivity index (χ3n) is 6.60. The molecule has 1 aliphatic carbocycles. The van der Waals surface area contributed by atoms with E-state index in [4.69, 9.17) is 0 Å². The number of likely N-dealkylation sites (tertiary alicyclic amines) is 1. The van der Waals surface area contributed by atoms with Crippen LogP contribution >= 0.6 is 0 Å². The Morgan fingerprint density at radius 1 is 1.19 bits per heavy atom. The Morgan fingerprint density at radius 3 is 2.48 bits per heavy atom. The Hall–Kier alpha value is -1.36. The molecule has 1 heterocycles. The van der Waals surface area contributed by atoms with Crippen molar-refractivity contribution in [2.24, 2.45) is 5.92 Å². The summed E-state index contributed by atoms with van der Waals surface area (Å²) in [4.78, 5) is 14.7. The minimum Gasteiger partial charge on any atom is -0.342 e. The molecule has 1 saturated heterocycles. The molecular formula is C22H33NO3S. The zero-order valence-electron chi connectivity index (χ0n) is 17.1. The van der Waals surface area contributed by atoms with Gasteiger partial charge in [0.25, 0.3) is 0 Å². The van der Waals surface area contributed by atoms with E-state index >= 15 is 0 Å². The fraction of sp³-hybridized carbons (Fsp3) is 0.682. The van der Waals surface area contributed by atoms with Crippen LogP contribution in [-0.4, -0.2) is 43.3 Å². The standard InChI is InChI=1S/C22H33NO3S/c1-15(2)27(25,26)14-18-9-11-23(12-10-18)22(24)13-19-6-8-20-16(3)5-7-21(20)17(19)4/h6,8,15-16,18H,5,7,9-14H2,1-4H3. The molecule has 1 aliphatic heterocycles. The summed E-state index contributed by atoms with van der Waals surface area (Å²) in [5.41, 5.74) is 5.35. The molecule has 1 fully saturated rings. The average Bonchev–Trinajstić information content (AvgIpc) is 2.99. The molecule has 0 saturated carbocycles. The third-order valence-corrected chi connectivity index (χ3v) is 8.97. The lowest BCUT2D eigenvalue weighted by Crippen LogP contribution is -2.41. The van der Waals surface area contributed by atoms with E-state index in [1.54, 1.807) is 13.8 Å². The minimum atomic E-state index is -3.00. The maximum atomic E-state index is 12.8. The quantitative estimate of drug-likeness (QED) is 0.770. The predicted molar refractivity (Wildman–Crippen MR) is 110 cm³/mol. The number of rotatable bonds is 5. The van der Waals surface area contributed by atoms with E-state index in [0.29, 0.717) is 25.4 Å². The third kappa shape index (κ3) is 4.39. The lowest BCUT2D eigenvalue weighted by Gasteiger charge is -2.32. The number of hydrogen-bond donors (Lipinski definition) is 0. The Balaban J connectivity index is 1.58. The SMILES string of the molecule is Cc1c(CC(=O)N2CCC(CS(=O)(=O)C(C)C)CC2)ccc2c1CCC2C. The van der Waals surface area contributed by atoms with Crippen molar-refractivity contribution in [1.82, 2.24) is 4.90 Å². The van der Waals surface area contributed by atoms with Crippen LogP contribution in [0.5, 0.6) is 0 Å². The lowest BCUT2D eigenvalue weighted by atomic mass is 9.94. The number of amides is 1. The molecule has 0 radical (unpaired) electrons. The molecule has 1 atom stereocenters. The molecule has 4 nitrogen and oxygen atoms in total. The number of fused-ring (bicyclic) bond motifs is 1. The Bertz CT molecular complexity index is 805. The molecule has 0 bridgehead atoms. The van der Waals surface area contributed by atoms with E-state index in [1.165, 1.54) is 23.1 Å².